The molecule has 2 aromatic rings. The molecule has 0 saturated heterocycles. The number of aliphatic carboxylic acids is 3. The lowest BCUT2D eigenvalue weighted by molar-refractivity contribution is -0.142. The van der Waals surface area contributed by atoms with Gasteiger partial charge in [-0.3, -0.25) is 52.7 Å². The van der Waals surface area contributed by atoms with Crippen molar-refractivity contribution in [3.63, 3.8) is 0 Å². The molecule has 10 N–H and O–H groups in total. The molecule has 380 valence electrons. The van der Waals surface area contributed by atoms with Gasteiger partial charge >= 0.3 is 17.9 Å². The summed E-state index contributed by atoms with van der Waals surface area (Å²) in [4.78, 5) is 143. The average molecular weight is 976 g/mol. The molecule has 0 heterocycles. The van der Waals surface area contributed by atoms with E-state index in [0.717, 1.165) is 5.56 Å². The number of ketones is 1. The number of nitrogens with one attached hydrogen (secondary N) is 7. The van der Waals surface area contributed by atoms with Gasteiger partial charge < -0.3 is 52.5 Å². The van der Waals surface area contributed by atoms with Gasteiger partial charge in [-0.2, -0.15) is 0 Å². The van der Waals surface area contributed by atoms with Gasteiger partial charge in [-0.25, -0.2) is 0 Å². The third kappa shape index (κ3) is 21.1. The Morgan fingerprint density at radius 2 is 1.14 bits per heavy atom. The van der Waals surface area contributed by atoms with Crippen LogP contribution in [0, 0.1) is 30.1 Å². The topological polar surface area (TPSA) is 333 Å². The van der Waals surface area contributed by atoms with Crippen molar-refractivity contribution < 1.29 is 68.1 Å². The lowest BCUT2D eigenvalue weighted by Crippen LogP contribution is -2.62. The number of aryl methyl sites for hydroxylation is 1. The minimum Gasteiger partial charge on any atom is -0.481 e. The van der Waals surface area contributed by atoms with Gasteiger partial charge in [0, 0.05) is 32.2 Å². The highest BCUT2D eigenvalue weighted by molar-refractivity contribution is 6.38. The number of carboxylic acid groups (broad SMARTS) is 3. The fourth-order valence-electron chi connectivity index (χ4n) is 6.81. The van der Waals surface area contributed by atoms with Crippen LogP contribution in [-0.2, 0) is 65.7 Å². The number of carbonyl (C=O) groups is 11. The molecule has 21 nitrogen and oxygen atoms in total. The van der Waals surface area contributed by atoms with Crippen molar-refractivity contribution in [3.8, 4) is 11.8 Å². The molecule has 0 fully saturated rings. The zero-order chi connectivity index (χ0) is 52.7. The van der Waals surface area contributed by atoms with E-state index in [2.05, 4.69) is 49.1 Å². The Morgan fingerprint density at radius 1 is 0.600 bits per heavy atom. The first kappa shape index (κ1) is 58.5. The molecule has 1 unspecified atom stereocenters. The third-order valence-corrected chi connectivity index (χ3v) is 10.6. The second kappa shape index (κ2) is 28.6. The van der Waals surface area contributed by atoms with Crippen molar-refractivity contribution >= 4 is 65.0 Å². The van der Waals surface area contributed by atoms with Crippen LogP contribution in [0.5, 0.6) is 0 Å². The summed E-state index contributed by atoms with van der Waals surface area (Å²) >= 11 is 0. The molecule has 6 atom stereocenters. The number of hydrogen-bond acceptors (Lipinski definition) is 11. The number of benzene rings is 2. The molecule has 2 aromatic carbocycles. The fraction of sp³-hybridized carbons (Fsp3) is 0.490. The summed E-state index contributed by atoms with van der Waals surface area (Å²) in [5.74, 6) is -6.89. The number of carboxylic acids is 3. The minimum absolute atomic E-state index is 0.0452. The molecule has 0 saturated carbocycles. The molecule has 0 aromatic heterocycles. The summed E-state index contributed by atoms with van der Waals surface area (Å²) < 4.78 is 0. The predicted molar refractivity (Wildman–Crippen MR) is 253 cm³/mol. The van der Waals surface area contributed by atoms with Crippen LogP contribution in [0.1, 0.15) is 103 Å². The van der Waals surface area contributed by atoms with E-state index in [1.54, 1.807) is 96.1 Å². The molecule has 21 heteroatoms. The van der Waals surface area contributed by atoms with Crippen LogP contribution in [0.2, 0.25) is 0 Å². The summed E-state index contributed by atoms with van der Waals surface area (Å²) in [6.45, 7) is 11.8. The van der Waals surface area contributed by atoms with Gasteiger partial charge in [0.15, 0.2) is 0 Å². The Hall–Kier alpha value is -7.63. The highest BCUT2D eigenvalue weighted by Crippen LogP contribution is 2.21. The zero-order valence-electron chi connectivity index (χ0n) is 40.4. The molecule has 0 aliphatic carbocycles. The maximum atomic E-state index is 14.4. The van der Waals surface area contributed by atoms with E-state index in [1.165, 1.54) is 6.92 Å². The Balaban J connectivity index is 2.47. The Labute approximate surface area is 406 Å². The van der Waals surface area contributed by atoms with E-state index >= 15 is 0 Å². The molecule has 2 rings (SSSR count). The first-order valence-corrected chi connectivity index (χ1v) is 22.6. The highest BCUT2D eigenvalue weighted by atomic mass is 16.4. The summed E-state index contributed by atoms with van der Waals surface area (Å²) in [7, 11) is 0. The van der Waals surface area contributed by atoms with Gasteiger partial charge in [-0.1, -0.05) is 89.2 Å². The SMILES string of the molecule is CC#CCC(NC(=O)[C@H](CC(C)C)NC(=O)[C@@H](NC(=O)[C@H](Cc1ccccc1C)NC(=O)[C@H](CCC(=O)O)NC(=O)[C@H](CC(=O)O)NC(=O)CCC(=O)O)C(C)(C)C)C(=O)C(=O)NCc1ccccc1. The van der Waals surface area contributed by atoms with Crippen molar-refractivity contribution in [2.24, 2.45) is 11.3 Å². The first-order valence-electron chi connectivity index (χ1n) is 22.6. The van der Waals surface area contributed by atoms with Crippen LogP contribution in [0.25, 0.3) is 0 Å². The number of amides is 7. The van der Waals surface area contributed by atoms with Gasteiger partial charge in [0.1, 0.15) is 36.3 Å². The van der Waals surface area contributed by atoms with Crippen LogP contribution in [0.15, 0.2) is 54.6 Å². The predicted octanol–water partition coefficient (Wildman–Crippen LogP) is 1.04. The molecule has 7 amide bonds. The Kier molecular flexibility index (Phi) is 23.9. The second-order valence-corrected chi connectivity index (χ2v) is 18.0. The molecule has 70 heavy (non-hydrogen) atoms. The normalized spacial score (nSPS) is 13.5. The highest BCUT2D eigenvalue weighted by Gasteiger charge is 2.39. The van der Waals surface area contributed by atoms with Crippen LogP contribution in [0.4, 0.5) is 0 Å². The second-order valence-electron chi connectivity index (χ2n) is 18.0. The van der Waals surface area contributed by atoms with Gasteiger partial charge in [0.05, 0.1) is 12.8 Å². The number of Topliss-reactive ketones (excluding diaryl/α,β-unsaturated/α-hetero) is 1. The van der Waals surface area contributed by atoms with E-state index in [0.29, 0.717) is 11.1 Å². The Bertz CT molecular complexity index is 2280. The molecule has 0 radical (unpaired) electrons. The molecule has 0 spiro atoms. The average Bonchev–Trinajstić information content (AvgIpc) is 3.28. The number of hydrogen-bond donors (Lipinski definition) is 10. The summed E-state index contributed by atoms with van der Waals surface area (Å²) in [5.41, 5.74) is 0.919. The van der Waals surface area contributed by atoms with E-state index in [-0.39, 0.29) is 31.7 Å². The van der Waals surface area contributed by atoms with E-state index in [9.17, 15) is 63.0 Å². The van der Waals surface area contributed by atoms with Crippen molar-refractivity contribution in [1.29, 1.82) is 0 Å². The molecular weight excluding hydrogens is 911 g/mol. The minimum atomic E-state index is -1.82. The van der Waals surface area contributed by atoms with Crippen molar-refractivity contribution in [2.75, 3.05) is 0 Å². The van der Waals surface area contributed by atoms with E-state index in [1.807, 2.05) is 0 Å². The summed E-state index contributed by atoms with van der Waals surface area (Å²) in [6.07, 6.45) is -3.86. The van der Waals surface area contributed by atoms with Gasteiger partial charge in [-0.15, -0.1) is 11.8 Å². The van der Waals surface area contributed by atoms with Gasteiger partial charge in [0.2, 0.25) is 41.2 Å². The van der Waals surface area contributed by atoms with E-state index in [4.69, 9.17) is 5.11 Å². The van der Waals surface area contributed by atoms with E-state index < -0.39 is 139 Å². The molecule has 0 aliphatic rings. The number of carbonyl (C=O) groups excluding carboxylic acids is 8. The van der Waals surface area contributed by atoms with Crippen molar-refractivity contribution in [1.82, 2.24) is 37.2 Å². The zero-order valence-corrected chi connectivity index (χ0v) is 40.4. The largest absolute Gasteiger partial charge is 0.481 e. The quantitative estimate of drug-likeness (QED) is 0.0421. The summed E-state index contributed by atoms with van der Waals surface area (Å²) in [5, 5.41) is 45.3. The standard InChI is InChI=1S/C49H65N7O14/c1-8-9-19-32(41(64)47(69)50-27-30-16-11-10-12-17-30)52-44(66)34(24-28(2)3)55-48(70)42(49(5,6)7)56-46(68)35(25-31-18-14-13-15-29(31)4)54-43(65)33(20-22-38(58)59)53-45(67)36(26-40(62)63)51-37(57)21-23-39(60)61/h10-18,28,32-36,42H,19-27H2,1-7H3,(H,50,69)(H,51,57)(H,52,66)(H,53,67)(H,54,65)(H,55,70)(H,56,68)(H,58,59)(H,60,61)(H,62,63)/t32?,33-,34-,35-,36-,42+/m0/s1. The first-order chi connectivity index (χ1) is 32.8. The monoisotopic (exact) mass is 975 g/mol. The molecule has 0 bridgehead atoms. The molecular formula is C49H65N7O14. The lowest BCUT2D eigenvalue weighted by atomic mass is 9.85. The van der Waals surface area contributed by atoms with Gasteiger partial charge in [-0.05, 0) is 54.7 Å². The van der Waals surface area contributed by atoms with Crippen molar-refractivity contribution in [3.05, 3.63) is 71.3 Å². The van der Waals surface area contributed by atoms with Crippen LogP contribution in [0.3, 0.4) is 0 Å². The van der Waals surface area contributed by atoms with Crippen LogP contribution in [-0.4, -0.2) is 117 Å². The Morgan fingerprint density at radius 3 is 1.71 bits per heavy atom. The van der Waals surface area contributed by atoms with Crippen LogP contribution >= 0.6 is 0 Å². The maximum absolute atomic E-state index is 14.4. The maximum Gasteiger partial charge on any atom is 0.305 e. The molecule has 0 aliphatic heterocycles. The lowest BCUT2D eigenvalue weighted by Gasteiger charge is -2.34. The van der Waals surface area contributed by atoms with Crippen LogP contribution < -0.4 is 37.2 Å². The fourth-order valence-corrected chi connectivity index (χ4v) is 6.81. The van der Waals surface area contributed by atoms with Crippen molar-refractivity contribution in [2.45, 2.75) is 143 Å². The number of rotatable bonds is 28. The van der Waals surface area contributed by atoms with Gasteiger partial charge in [0.25, 0.3) is 5.91 Å². The third-order valence-electron chi connectivity index (χ3n) is 10.6. The smallest absolute Gasteiger partial charge is 0.305 e. The summed E-state index contributed by atoms with van der Waals surface area (Å²) in [6, 6.07) is 6.51.